The van der Waals surface area contributed by atoms with Gasteiger partial charge in [-0.2, -0.15) is 5.26 Å². The highest BCUT2D eigenvalue weighted by Gasteiger charge is 2.59. The van der Waals surface area contributed by atoms with E-state index in [1.807, 2.05) is 24.3 Å². The number of benzene rings is 2. The molecule has 8 heteroatoms. The Balaban J connectivity index is 2.07. The number of fused-ring (bicyclic) bond motifs is 1. The molecule has 1 aliphatic rings. The third kappa shape index (κ3) is 4.45. The minimum absolute atomic E-state index is 0.00891. The zero-order valence-electron chi connectivity index (χ0n) is 20.7. The molecule has 0 bridgehead atoms. The predicted molar refractivity (Wildman–Crippen MR) is 142 cm³/mol. The van der Waals surface area contributed by atoms with Gasteiger partial charge in [0, 0.05) is 23.2 Å². The lowest BCUT2D eigenvalue weighted by atomic mass is 9.63. The van der Waals surface area contributed by atoms with Gasteiger partial charge in [0.1, 0.15) is 5.41 Å². The van der Waals surface area contributed by atoms with Gasteiger partial charge in [0.15, 0.2) is 0 Å². The number of halogens is 2. The van der Waals surface area contributed by atoms with E-state index in [9.17, 15) is 20.3 Å². The molecule has 2 N–H and O–H groups in total. The van der Waals surface area contributed by atoms with E-state index < -0.39 is 17.4 Å². The Hall–Kier alpha value is -2.72. The summed E-state index contributed by atoms with van der Waals surface area (Å²) in [7, 11) is 0. The number of hydrogen-bond donors (Lipinski definition) is 2. The second kappa shape index (κ2) is 9.97. The first-order valence-electron chi connectivity index (χ1n) is 12.1. The molecule has 0 fully saturated rings. The highest BCUT2D eigenvalue weighted by molar-refractivity contribution is 6.30. The lowest BCUT2D eigenvalue weighted by molar-refractivity contribution is 0.238. The number of unbranched alkanes of at least 4 members (excludes halogenated alkanes) is 1. The van der Waals surface area contributed by atoms with E-state index in [0.717, 1.165) is 11.1 Å². The van der Waals surface area contributed by atoms with Crippen molar-refractivity contribution in [3.05, 3.63) is 85.9 Å². The van der Waals surface area contributed by atoms with E-state index >= 15 is 0 Å². The van der Waals surface area contributed by atoms with Gasteiger partial charge in [0.05, 0.1) is 23.7 Å². The largest absolute Gasteiger partial charge is 0.493 e. The molecule has 190 valence electrons. The molecule has 6 nitrogen and oxygen atoms in total. The number of hydrogen-bond acceptors (Lipinski definition) is 4. The minimum atomic E-state index is -1.20. The van der Waals surface area contributed by atoms with E-state index in [-0.39, 0.29) is 30.1 Å². The van der Waals surface area contributed by atoms with E-state index in [1.165, 1.54) is 4.57 Å². The minimum Gasteiger partial charge on any atom is -0.493 e. The number of aliphatic hydroxyl groups is 1. The molecule has 3 aromatic rings. The summed E-state index contributed by atoms with van der Waals surface area (Å²) in [6.45, 7) is 6.51. The van der Waals surface area contributed by atoms with Crippen molar-refractivity contribution in [3.63, 3.8) is 0 Å². The zero-order chi connectivity index (χ0) is 26.3. The van der Waals surface area contributed by atoms with Crippen molar-refractivity contribution in [2.75, 3.05) is 6.61 Å². The van der Waals surface area contributed by atoms with Crippen LogP contribution in [0, 0.1) is 16.7 Å². The molecule has 0 amide bonds. The molecular formula is C28H31Cl2N3O3. The number of nitrogens with zero attached hydrogens (tertiary/aromatic N) is 3. The van der Waals surface area contributed by atoms with Crippen molar-refractivity contribution in [1.29, 1.82) is 5.26 Å². The molecule has 3 atom stereocenters. The van der Waals surface area contributed by atoms with Gasteiger partial charge >= 0.3 is 5.69 Å². The van der Waals surface area contributed by atoms with Gasteiger partial charge in [-0.15, -0.1) is 0 Å². The molecular weight excluding hydrogens is 497 g/mol. The van der Waals surface area contributed by atoms with Gasteiger partial charge in [-0.1, -0.05) is 68.2 Å². The fraction of sp³-hybridized carbons (Fsp3) is 0.429. The molecule has 0 saturated carbocycles. The Morgan fingerprint density at radius 1 is 1.08 bits per heavy atom. The van der Waals surface area contributed by atoms with Crippen LogP contribution in [0.5, 0.6) is 5.88 Å². The summed E-state index contributed by atoms with van der Waals surface area (Å²) in [4.78, 5) is 13.9. The van der Waals surface area contributed by atoms with E-state index in [4.69, 9.17) is 23.2 Å². The lowest BCUT2D eigenvalue weighted by Crippen LogP contribution is -2.40. The van der Waals surface area contributed by atoms with Crippen LogP contribution in [-0.2, 0) is 12.0 Å². The van der Waals surface area contributed by atoms with Crippen molar-refractivity contribution in [3.8, 4) is 11.9 Å². The SMILES string of the molecule is CC(C)(C)C[C@@H]1n2c(c(O)n(CCCCO)c2=O)[C@H](c2cccc(Cl)c2)[C@@]1(C#N)c1ccc(Cl)cc1. The number of aromatic nitrogens is 2. The standard InChI is InChI=1S/C28H31Cl2N3O3/c1-27(2,3)16-22-28(17-31,19-9-11-20(29)12-10-19)23(18-7-6-8-21(30)15-18)24-25(35)32(13-4-5-14-34)26(36)33(22)24/h6-12,15,22-23,34-35H,4-5,13-14,16H2,1-3H3/t22-,23-,28-/m0/s1. The zero-order valence-corrected chi connectivity index (χ0v) is 22.2. The normalized spacial score (nSPS) is 21.4. The van der Waals surface area contributed by atoms with Crippen LogP contribution in [0.4, 0.5) is 0 Å². The third-order valence-corrected chi connectivity index (χ3v) is 7.52. The number of aromatic hydroxyl groups is 1. The maximum atomic E-state index is 13.9. The Morgan fingerprint density at radius 3 is 2.36 bits per heavy atom. The van der Waals surface area contributed by atoms with Crippen molar-refractivity contribution >= 4 is 23.2 Å². The van der Waals surface area contributed by atoms with Crippen LogP contribution in [0.2, 0.25) is 10.0 Å². The summed E-state index contributed by atoms with van der Waals surface area (Å²) in [5.74, 6) is -0.797. The number of imidazole rings is 1. The first-order chi connectivity index (χ1) is 17.0. The molecule has 0 saturated heterocycles. The van der Waals surface area contributed by atoms with Crippen LogP contribution in [-0.4, -0.2) is 26.0 Å². The van der Waals surface area contributed by atoms with Gasteiger partial charge in [0.25, 0.3) is 0 Å². The summed E-state index contributed by atoms with van der Waals surface area (Å²) >= 11 is 12.6. The quantitative estimate of drug-likeness (QED) is 0.367. The van der Waals surface area contributed by atoms with Gasteiger partial charge in [-0.05, 0) is 60.1 Å². The summed E-state index contributed by atoms with van der Waals surface area (Å²) in [6.07, 6.45) is 1.58. The molecule has 0 spiro atoms. The first kappa shape index (κ1) is 26.3. The van der Waals surface area contributed by atoms with Crippen LogP contribution >= 0.6 is 23.2 Å². The second-order valence-corrected chi connectivity index (χ2v) is 11.6. The average Bonchev–Trinajstić information content (AvgIpc) is 3.23. The third-order valence-electron chi connectivity index (χ3n) is 7.03. The Labute approximate surface area is 221 Å². The van der Waals surface area contributed by atoms with Gasteiger partial charge < -0.3 is 10.2 Å². The maximum Gasteiger partial charge on any atom is 0.331 e. The summed E-state index contributed by atoms with van der Waals surface area (Å²) in [5.41, 5.74) is 0.103. The maximum absolute atomic E-state index is 13.9. The molecule has 2 heterocycles. The smallest absolute Gasteiger partial charge is 0.331 e. The molecule has 0 radical (unpaired) electrons. The van der Waals surface area contributed by atoms with Crippen LogP contribution in [0.1, 0.15) is 68.8 Å². The number of aliphatic hydroxyl groups excluding tert-OH is 1. The fourth-order valence-electron chi connectivity index (χ4n) is 5.56. The van der Waals surface area contributed by atoms with E-state index in [0.29, 0.717) is 35.0 Å². The Kier molecular flexibility index (Phi) is 7.30. The van der Waals surface area contributed by atoms with Gasteiger partial charge in [-0.3, -0.25) is 9.13 Å². The van der Waals surface area contributed by atoms with Gasteiger partial charge in [0.2, 0.25) is 5.88 Å². The predicted octanol–water partition coefficient (Wildman–Crippen LogP) is 6.02. The second-order valence-electron chi connectivity index (χ2n) is 10.7. The summed E-state index contributed by atoms with van der Waals surface area (Å²) in [6, 6.07) is 16.5. The van der Waals surface area contributed by atoms with Crippen molar-refractivity contribution in [2.24, 2.45) is 5.41 Å². The lowest BCUT2D eigenvalue weighted by Gasteiger charge is -2.37. The van der Waals surface area contributed by atoms with Crippen LogP contribution in [0.25, 0.3) is 0 Å². The van der Waals surface area contributed by atoms with Crippen molar-refractivity contribution in [2.45, 2.75) is 64.0 Å². The highest BCUT2D eigenvalue weighted by Crippen LogP contribution is 2.59. The monoisotopic (exact) mass is 527 g/mol. The van der Waals surface area contributed by atoms with Crippen LogP contribution in [0.15, 0.2) is 53.3 Å². The average molecular weight is 528 g/mol. The number of nitriles is 1. The molecule has 1 aromatic heterocycles. The van der Waals surface area contributed by atoms with Crippen LogP contribution in [0.3, 0.4) is 0 Å². The van der Waals surface area contributed by atoms with Crippen LogP contribution < -0.4 is 5.69 Å². The molecule has 1 aliphatic heterocycles. The Morgan fingerprint density at radius 2 is 1.78 bits per heavy atom. The topological polar surface area (TPSA) is 91.2 Å². The summed E-state index contributed by atoms with van der Waals surface area (Å²) < 4.78 is 2.99. The van der Waals surface area contributed by atoms with E-state index in [1.54, 1.807) is 28.8 Å². The van der Waals surface area contributed by atoms with E-state index in [2.05, 4.69) is 26.8 Å². The summed E-state index contributed by atoms with van der Waals surface area (Å²) in [5, 5.41) is 32.7. The van der Waals surface area contributed by atoms with Crippen molar-refractivity contribution in [1.82, 2.24) is 9.13 Å². The highest BCUT2D eigenvalue weighted by atomic mass is 35.5. The number of rotatable bonds is 7. The first-order valence-corrected chi connectivity index (χ1v) is 12.9. The fourth-order valence-corrected chi connectivity index (χ4v) is 5.89. The molecule has 0 unspecified atom stereocenters. The molecule has 0 aliphatic carbocycles. The molecule has 2 aromatic carbocycles. The van der Waals surface area contributed by atoms with Crippen molar-refractivity contribution < 1.29 is 10.2 Å². The molecule has 36 heavy (non-hydrogen) atoms. The Bertz CT molecular complexity index is 1350. The molecule has 4 rings (SSSR count). The van der Waals surface area contributed by atoms with Gasteiger partial charge in [-0.25, -0.2) is 4.79 Å².